The van der Waals surface area contributed by atoms with Gasteiger partial charge in [-0.05, 0) is 18.6 Å². The quantitative estimate of drug-likeness (QED) is 0.892. The minimum atomic E-state index is -0.109. The standard InChI is InChI=1S/C16H19N3O3/c20-15(17-9-12-6-8-22-10-12)5-7-19-11-18-14-4-2-1-3-13(14)16(19)21/h1-4,11-12H,5-10H2,(H,17,20). The van der Waals surface area contributed by atoms with E-state index in [1.165, 1.54) is 10.9 Å². The zero-order valence-electron chi connectivity index (χ0n) is 12.3. The van der Waals surface area contributed by atoms with E-state index in [4.69, 9.17) is 4.74 Å². The van der Waals surface area contributed by atoms with Gasteiger partial charge in [0.2, 0.25) is 5.91 Å². The topological polar surface area (TPSA) is 73.2 Å². The van der Waals surface area contributed by atoms with Gasteiger partial charge in [-0.2, -0.15) is 0 Å². The highest BCUT2D eigenvalue weighted by Crippen LogP contribution is 2.10. The van der Waals surface area contributed by atoms with E-state index in [1.54, 1.807) is 12.1 Å². The van der Waals surface area contributed by atoms with E-state index in [0.29, 0.717) is 36.5 Å². The molecule has 1 aliphatic heterocycles. The SMILES string of the molecule is O=C(CCn1cnc2ccccc2c1=O)NCC1CCOC1. The molecule has 3 rings (SSSR count). The number of carbonyl (C=O) groups excluding carboxylic acids is 1. The smallest absolute Gasteiger partial charge is 0.261 e. The second-order valence-electron chi connectivity index (χ2n) is 5.54. The van der Waals surface area contributed by atoms with Gasteiger partial charge in [0, 0.05) is 32.0 Å². The average molecular weight is 301 g/mol. The van der Waals surface area contributed by atoms with Crippen LogP contribution in [0.25, 0.3) is 10.9 Å². The molecule has 0 radical (unpaired) electrons. The zero-order chi connectivity index (χ0) is 15.4. The van der Waals surface area contributed by atoms with Crippen molar-refractivity contribution in [3.8, 4) is 0 Å². The van der Waals surface area contributed by atoms with Crippen LogP contribution in [-0.2, 0) is 16.1 Å². The Balaban J connectivity index is 1.58. The number of carbonyl (C=O) groups is 1. The molecule has 116 valence electrons. The lowest BCUT2D eigenvalue weighted by Gasteiger charge is -2.10. The average Bonchev–Trinajstić information content (AvgIpc) is 3.06. The fourth-order valence-corrected chi connectivity index (χ4v) is 2.58. The molecule has 1 aliphatic rings. The summed E-state index contributed by atoms with van der Waals surface area (Å²) in [6, 6.07) is 7.21. The Morgan fingerprint density at radius 3 is 3.09 bits per heavy atom. The van der Waals surface area contributed by atoms with Crippen molar-refractivity contribution in [1.29, 1.82) is 0 Å². The molecular formula is C16H19N3O3. The maximum absolute atomic E-state index is 12.3. The maximum Gasteiger partial charge on any atom is 0.261 e. The Kier molecular flexibility index (Phi) is 4.48. The summed E-state index contributed by atoms with van der Waals surface area (Å²) in [5.74, 6) is 0.362. The molecule has 0 aliphatic carbocycles. The molecule has 1 fully saturated rings. The van der Waals surface area contributed by atoms with Gasteiger partial charge in [-0.3, -0.25) is 14.2 Å². The number of ether oxygens (including phenoxy) is 1. The lowest BCUT2D eigenvalue weighted by Crippen LogP contribution is -2.31. The van der Waals surface area contributed by atoms with Gasteiger partial charge in [0.05, 0.1) is 23.8 Å². The molecule has 2 aromatic rings. The van der Waals surface area contributed by atoms with Crippen LogP contribution in [0.3, 0.4) is 0 Å². The van der Waals surface area contributed by atoms with Gasteiger partial charge in [0.1, 0.15) is 0 Å². The second kappa shape index (κ2) is 6.70. The number of fused-ring (bicyclic) bond motifs is 1. The molecular weight excluding hydrogens is 282 g/mol. The van der Waals surface area contributed by atoms with Gasteiger partial charge >= 0.3 is 0 Å². The highest BCUT2D eigenvalue weighted by atomic mass is 16.5. The lowest BCUT2D eigenvalue weighted by atomic mass is 10.1. The summed E-state index contributed by atoms with van der Waals surface area (Å²) in [5.41, 5.74) is 0.567. The summed E-state index contributed by atoms with van der Waals surface area (Å²) >= 11 is 0. The van der Waals surface area contributed by atoms with E-state index in [0.717, 1.165) is 13.0 Å². The van der Waals surface area contributed by atoms with Crippen LogP contribution in [0.5, 0.6) is 0 Å². The number of nitrogens with one attached hydrogen (secondary N) is 1. The number of rotatable bonds is 5. The molecule has 22 heavy (non-hydrogen) atoms. The number of aromatic nitrogens is 2. The summed E-state index contributed by atoms with van der Waals surface area (Å²) in [6.45, 7) is 2.47. The van der Waals surface area contributed by atoms with E-state index in [9.17, 15) is 9.59 Å². The van der Waals surface area contributed by atoms with Crippen LogP contribution in [0.4, 0.5) is 0 Å². The molecule has 1 atom stereocenters. The number of aryl methyl sites for hydroxylation is 1. The number of amides is 1. The normalized spacial score (nSPS) is 17.7. The minimum absolute atomic E-state index is 0.0491. The largest absolute Gasteiger partial charge is 0.381 e. The second-order valence-corrected chi connectivity index (χ2v) is 5.54. The third kappa shape index (κ3) is 3.33. The summed E-state index contributed by atoms with van der Waals surface area (Å²) in [4.78, 5) is 28.4. The molecule has 0 saturated carbocycles. The number of benzene rings is 1. The Bertz CT molecular complexity index is 720. The van der Waals surface area contributed by atoms with Crippen LogP contribution in [0.2, 0.25) is 0 Å². The maximum atomic E-state index is 12.3. The van der Waals surface area contributed by atoms with E-state index >= 15 is 0 Å². The number of nitrogens with zero attached hydrogens (tertiary/aromatic N) is 2. The first kappa shape index (κ1) is 14.7. The van der Waals surface area contributed by atoms with Crippen molar-refractivity contribution in [2.24, 2.45) is 5.92 Å². The fraction of sp³-hybridized carbons (Fsp3) is 0.438. The molecule has 1 aromatic carbocycles. The predicted molar refractivity (Wildman–Crippen MR) is 82.6 cm³/mol. The molecule has 1 saturated heterocycles. The Labute approximate surface area is 128 Å². The van der Waals surface area contributed by atoms with Crippen molar-refractivity contribution in [3.63, 3.8) is 0 Å². The minimum Gasteiger partial charge on any atom is -0.381 e. The number of hydrogen-bond acceptors (Lipinski definition) is 4. The highest BCUT2D eigenvalue weighted by molar-refractivity contribution is 5.77. The fourth-order valence-electron chi connectivity index (χ4n) is 2.58. The van der Waals surface area contributed by atoms with E-state index in [-0.39, 0.29) is 17.9 Å². The Morgan fingerprint density at radius 1 is 1.41 bits per heavy atom. The van der Waals surface area contributed by atoms with Gasteiger partial charge in [-0.1, -0.05) is 12.1 Å². The molecule has 6 nitrogen and oxygen atoms in total. The molecule has 6 heteroatoms. The molecule has 0 bridgehead atoms. The van der Waals surface area contributed by atoms with Crippen molar-refractivity contribution in [1.82, 2.24) is 14.9 Å². The Morgan fingerprint density at radius 2 is 2.27 bits per heavy atom. The van der Waals surface area contributed by atoms with Gasteiger partial charge in [0.25, 0.3) is 5.56 Å². The highest BCUT2D eigenvalue weighted by Gasteiger charge is 2.16. The predicted octanol–water partition coefficient (Wildman–Crippen LogP) is 0.939. The molecule has 1 amide bonds. The van der Waals surface area contributed by atoms with Crippen LogP contribution in [-0.4, -0.2) is 35.2 Å². The van der Waals surface area contributed by atoms with Crippen LogP contribution in [0, 0.1) is 5.92 Å². The first-order valence-corrected chi connectivity index (χ1v) is 7.52. The summed E-state index contributed by atoms with van der Waals surface area (Å²) in [6.07, 6.45) is 2.77. The molecule has 1 aromatic heterocycles. The van der Waals surface area contributed by atoms with Crippen molar-refractivity contribution in [3.05, 3.63) is 40.9 Å². The van der Waals surface area contributed by atoms with Gasteiger partial charge < -0.3 is 10.1 Å². The van der Waals surface area contributed by atoms with Crippen LogP contribution >= 0.6 is 0 Å². The molecule has 1 N–H and O–H groups in total. The van der Waals surface area contributed by atoms with Crippen LogP contribution in [0.15, 0.2) is 35.4 Å². The van der Waals surface area contributed by atoms with E-state index < -0.39 is 0 Å². The van der Waals surface area contributed by atoms with Crippen LogP contribution < -0.4 is 10.9 Å². The Hall–Kier alpha value is -2.21. The zero-order valence-corrected chi connectivity index (χ0v) is 12.3. The molecule has 1 unspecified atom stereocenters. The summed E-state index contributed by atoms with van der Waals surface area (Å²) in [7, 11) is 0. The lowest BCUT2D eigenvalue weighted by molar-refractivity contribution is -0.121. The molecule has 0 spiro atoms. The molecule has 2 heterocycles. The summed E-state index contributed by atoms with van der Waals surface area (Å²) in [5, 5.41) is 3.47. The monoisotopic (exact) mass is 301 g/mol. The third-order valence-electron chi connectivity index (χ3n) is 3.92. The first-order chi connectivity index (χ1) is 10.7. The van der Waals surface area contributed by atoms with E-state index in [2.05, 4.69) is 10.3 Å². The van der Waals surface area contributed by atoms with Crippen molar-refractivity contribution in [2.75, 3.05) is 19.8 Å². The summed E-state index contributed by atoms with van der Waals surface area (Å²) < 4.78 is 6.76. The van der Waals surface area contributed by atoms with Gasteiger partial charge in [0.15, 0.2) is 0 Å². The van der Waals surface area contributed by atoms with Gasteiger partial charge in [-0.15, -0.1) is 0 Å². The number of para-hydroxylation sites is 1. The third-order valence-corrected chi connectivity index (χ3v) is 3.92. The number of hydrogen-bond donors (Lipinski definition) is 1. The van der Waals surface area contributed by atoms with Gasteiger partial charge in [-0.25, -0.2) is 4.98 Å². The van der Waals surface area contributed by atoms with Crippen LogP contribution in [0.1, 0.15) is 12.8 Å². The van der Waals surface area contributed by atoms with Crippen molar-refractivity contribution >= 4 is 16.8 Å². The first-order valence-electron chi connectivity index (χ1n) is 7.52. The van der Waals surface area contributed by atoms with Crippen molar-refractivity contribution < 1.29 is 9.53 Å². The van der Waals surface area contributed by atoms with E-state index in [1.807, 2.05) is 12.1 Å². The van der Waals surface area contributed by atoms with Crippen molar-refractivity contribution in [2.45, 2.75) is 19.4 Å².